The topological polar surface area (TPSA) is 54.0 Å². The molecule has 0 radical (unpaired) electrons. The van der Waals surface area contributed by atoms with Gasteiger partial charge in [0.05, 0.1) is 0 Å². The first-order valence-electron chi connectivity index (χ1n) is 5.83. The number of carbonyl (C=O) groups is 1. The number of halogens is 1. The second kappa shape index (κ2) is 6.20. The highest BCUT2D eigenvalue weighted by atomic mass is 35.5. The molecular formula is C14H14ClN3O. The van der Waals surface area contributed by atoms with Crippen molar-refractivity contribution in [1.82, 2.24) is 10.3 Å². The van der Waals surface area contributed by atoms with Crippen LogP contribution in [0.5, 0.6) is 0 Å². The molecule has 98 valence electrons. The largest absolute Gasteiger partial charge is 0.355 e. The van der Waals surface area contributed by atoms with Crippen molar-refractivity contribution < 1.29 is 4.79 Å². The molecule has 1 aromatic carbocycles. The van der Waals surface area contributed by atoms with Crippen LogP contribution in [0.25, 0.3) is 0 Å². The van der Waals surface area contributed by atoms with Gasteiger partial charge in [0.15, 0.2) is 0 Å². The maximum atomic E-state index is 11.4. The summed E-state index contributed by atoms with van der Waals surface area (Å²) in [5.74, 6) is 1.08. The Kier molecular flexibility index (Phi) is 4.36. The van der Waals surface area contributed by atoms with Gasteiger partial charge in [-0.15, -0.1) is 11.6 Å². The number of nitrogens with zero attached hydrogens (tertiary/aromatic N) is 1. The van der Waals surface area contributed by atoms with Gasteiger partial charge in [-0.1, -0.05) is 0 Å². The Morgan fingerprint density at radius 3 is 2.63 bits per heavy atom. The summed E-state index contributed by atoms with van der Waals surface area (Å²) < 4.78 is 0. The second-order valence-electron chi connectivity index (χ2n) is 3.96. The van der Waals surface area contributed by atoms with Crippen LogP contribution in [0.2, 0.25) is 0 Å². The van der Waals surface area contributed by atoms with Crippen molar-refractivity contribution in [1.29, 1.82) is 0 Å². The lowest BCUT2D eigenvalue weighted by atomic mass is 10.2. The first kappa shape index (κ1) is 13.4. The van der Waals surface area contributed by atoms with Crippen molar-refractivity contribution in [3.05, 3.63) is 53.7 Å². The molecule has 0 aliphatic rings. The third-order valence-corrected chi connectivity index (χ3v) is 2.93. The smallest absolute Gasteiger partial charge is 0.251 e. The quantitative estimate of drug-likeness (QED) is 0.844. The molecule has 0 unspecified atom stereocenters. The van der Waals surface area contributed by atoms with Crippen LogP contribution in [-0.4, -0.2) is 17.9 Å². The standard InChI is InChI=1S/C14H14ClN3O/c1-16-14(19)11-2-4-12(5-3-11)18-13-8-10(9-15)6-7-17-13/h2-8H,9H2,1H3,(H,16,19)(H,17,18). The van der Waals surface area contributed by atoms with Gasteiger partial charge in [-0.2, -0.15) is 0 Å². The molecule has 2 aromatic rings. The Bertz CT molecular complexity index is 569. The van der Waals surface area contributed by atoms with Gasteiger partial charge in [0.1, 0.15) is 5.82 Å². The van der Waals surface area contributed by atoms with Gasteiger partial charge >= 0.3 is 0 Å². The van der Waals surface area contributed by atoms with E-state index in [9.17, 15) is 4.79 Å². The highest BCUT2D eigenvalue weighted by molar-refractivity contribution is 6.17. The van der Waals surface area contributed by atoms with E-state index >= 15 is 0 Å². The minimum Gasteiger partial charge on any atom is -0.355 e. The number of hydrogen-bond acceptors (Lipinski definition) is 3. The Morgan fingerprint density at radius 2 is 2.00 bits per heavy atom. The van der Waals surface area contributed by atoms with Crippen molar-refractivity contribution in [3.63, 3.8) is 0 Å². The molecule has 0 saturated carbocycles. The molecule has 5 heteroatoms. The monoisotopic (exact) mass is 275 g/mol. The van der Waals surface area contributed by atoms with Crippen LogP contribution < -0.4 is 10.6 Å². The molecule has 0 saturated heterocycles. The summed E-state index contributed by atoms with van der Waals surface area (Å²) in [6, 6.07) is 10.9. The molecule has 1 aromatic heterocycles. The second-order valence-corrected chi connectivity index (χ2v) is 4.23. The molecule has 0 bridgehead atoms. The number of carbonyl (C=O) groups excluding carboxylic acids is 1. The third kappa shape index (κ3) is 3.45. The van der Waals surface area contributed by atoms with Crippen LogP contribution in [0, 0.1) is 0 Å². The maximum Gasteiger partial charge on any atom is 0.251 e. The first-order chi connectivity index (χ1) is 9.22. The molecule has 0 atom stereocenters. The Morgan fingerprint density at radius 1 is 1.26 bits per heavy atom. The molecule has 0 aliphatic heterocycles. The van der Waals surface area contributed by atoms with Gasteiger partial charge in [-0.25, -0.2) is 4.98 Å². The summed E-state index contributed by atoms with van der Waals surface area (Å²) in [5.41, 5.74) is 2.49. The van der Waals surface area contributed by atoms with Crippen molar-refractivity contribution in [2.24, 2.45) is 0 Å². The van der Waals surface area contributed by atoms with Gasteiger partial charge in [0, 0.05) is 30.4 Å². The fraction of sp³-hybridized carbons (Fsp3) is 0.143. The van der Waals surface area contributed by atoms with Gasteiger partial charge in [0.25, 0.3) is 5.91 Å². The fourth-order valence-electron chi connectivity index (χ4n) is 1.62. The van der Waals surface area contributed by atoms with Crippen LogP contribution in [0.1, 0.15) is 15.9 Å². The van der Waals surface area contributed by atoms with Crippen molar-refractivity contribution in [3.8, 4) is 0 Å². The summed E-state index contributed by atoms with van der Waals surface area (Å²) in [4.78, 5) is 15.6. The molecule has 2 rings (SSSR count). The Balaban J connectivity index is 2.12. The predicted octanol–water partition coefficient (Wildman–Crippen LogP) is 2.92. The number of nitrogens with one attached hydrogen (secondary N) is 2. The zero-order chi connectivity index (χ0) is 13.7. The molecule has 0 spiro atoms. The molecular weight excluding hydrogens is 262 g/mol. The molecule has 4 nitrogen and oxygen atoms in total. The van der Waals surface area contributed by atoms with Crippen LogP contribution >= 0.6 is 11.6 Å². The Hall–Kier alpha value is -2.07. The van der Waals surface area contributed by atoms with Crippen LogP contribution in [0.3, 0.4) is 0 Å². The van der Waals surface area contributed by atoms with Gasteiger partial charge < -0.3 is 10.6 Å². The third-order valence-electron chi connectivity index (χ3n) is 2.63. The van der Waals surface area contributed by atoms with Gasteiger partial charge in [0.2, 0.25) is 0 Å². The van der Waals surface area contributed by atoms with E-state index in [2.05, 4.69) is 15.6 Å². The number of anilines is 2. The van der Waals surface area contributed by atoms with Crippen LogP contribution in [0.4, 0.5) is 11.5 Å². The lowest BCUT2D eigenvalue weighted by Crippen LogP contribution is -2.17. The number of amides is 1. The molecule has 0 fully saturated rings. The van der Waals surface area contributed by atoms with E-state index in [-0.39, 0.29) is 5.91 Å². The van der Waals surface area contributed by atoms with Gasteiger partial charge in [-0.05, 0) is 42.0 Å². The SMILES string of the molecule is CNC(=O)c1ccc(Nc2cc(CCl)ccn2)cc1. The minimum atomic E-state index is -0.103. The molecule has 2 N–H and O–H groups in total. The average molecular weight is 276 g/mol. The average Bonchev–Trinajstić information content (AvgIpc) is 2.47. The molecule has 0 aliphatic carbocycles. The Labute approximate surface area is 116 Å². The van der Waals surface area contributed by atoms with Crippen molar-refractivity contribution in [2.45, 2.75) is 5.88 Å². The normalized spacial score (nSPS) is 10.0. The number of hydrogen-bond donors (Lipinski definition) is 2. The lowest BCUT2D eigenvalue weighted by Gasteiger charge is -2.07. The van der Waals surface area contributed by atoms with E-state index in [1.165, 1.54) is 0 Å². The number of benzene rings is 1. The van der Waals surface area contributed by atoms with Gasteiger partial charge in [-0.3, -0.25) is 4.79 Å². The summed E-state index contributed by atoms with van der Waals surface area (Å²) in [6.07, 6.45) is 1.71. The first-order valence-corrected chi connectivity index (χ1v) is 6.36. The molecule has 1 heterocycles. The highest BCUT2D eigenvalue weighted by Crippen LogP contribution is 2.16. The van der Waals surface area contributed by atoms with E-state index in [1.54, 1.807) is 25.4 Å². The van der Waals surface area contributed by atoms with E-state index < -0.39 is 0 Å². The van der Waals surface area contributed by atoms with Crippen LogP contribution in [-0.2, 0) is 5.88 Å². The zero-order valence-corrected chi connectivity index (χ0v) is 11.2. The van der Waals surface area contributed by atoms with Crippen molar-refractivity contribution in [2.75, 3.05) is 12.4 Å². The predicted molar refractivity (Wildman–Crippen MR) is 76.9 cm³/mol. The highest BCUT2D eigenvalue weighted by Gasteiger charge is 2.03. The summed E-state index contributed by atoms with van der Waals surface area (Å²) in [6.45, 7) is 0. The summed E-state index contributed by atoms with van der Waals surface area (Å²) in [5, 5.41) is 5.74. The van der Waals surface area contributed by atoms with E-state index in [1.807, 2.05) is 24.3 Å². The van der Waals surface area contributed by atoms with E-state index in [4.69, 9.17) is 11.6 Å². The lowest BCUT2D eigenvalue weighted by molar-refractivity contribution is 0.0963. The maximum absolute atomic E-state index is 11.4. The van der Waals surface area contributed by atoms with E-state index in [0.29, 0.717) is 11.4 Å². The molecule has 19 heavy (non-hydrogen) atoms. The zero-order valence-electron chi connectivity index (χ0n) is 10.5. The minimum absolute atomic E-state index is 0.103. The van der Waals surface area contributed by atoms with E-state index in [0.717, 1.165) is 17.1 Å². The number of rotatable bonds is 4. The molecule has 1 amide bonds. The van der Waals surface area contributed by atoms with Crippen LogP contribution in [0.15, 0.2) is 42.6 Å². The number of aromatic nitrogens is 1. The fourth-order valence-corrected chi connectivity index (χ4v) is 1.79. The number of alkyl halides is 1. The van der Waals surface area contributed by atoms with Crippen molar-refractivity contribution >= 4 is 29.0 Å². The summed E-state index contributed by atoms with van der Waals surface area (Å²) in [7, 11) is 1.61. The number of pyridine rings is 1. The summed E-state index contributed by atoms with van der Waals surface area (Å²) >= 11 is 5.77.